The summed E-state index contributed by atoms with van der Waals surface area (Å²) in [4.78, 5) is 0. The number of fused-ring (bicyclic) bond motifs is 2. The van der Waals surface area contributed by atoms with E-state index in [-0.39, 0.29) is 82.5 Å². The highest BCUT2D eigenvalue weighted by Crippen LogP contribution is 2.89. The maximum atomic E-state index is 11.9. The molecule has 12 atom stereocenters. The summed E-state index contributed by atoms with van der Waals surface area (Å²) in [5.41, 5.74) is -0.615. The number of methoxy groups -OCH3 is 2. The molecule has 5 aliphatic carbocycles. The van der Waals surface area contributed by atoms with Gasteiger partial charge in [0.25, 0.3) is 0 Å². The summed E-state index contributed by atoms with van der Waals surface area (Å²) >= 11 is 0. The van der Waals surface area contributed by atoms with E-state index in [1.165, 1.54) is 12.8 Å². The second kappa shape index (κ2) is 9.61. The van der Waals surface area contributed by atoms with Crippen molar-refractivity contribution in [3.8, 4) is 0 Å². The first-order chi connectivity index (χ1) is 19.1. The van der Waals surface area contributed by atoms with Gasteiger partial charge in [-0.1, -0.05) is 27.7 Å². The molecule has 2 N–H and O–H groups in total. The maximum Gasteiger partial charge on any atom is 0.147 e. The van der Waals surface area contributed by atoms with Gasteiger partial charge >= 0.3 is 0 Å². The van der Waals surface area contributed by atoms with Crippen LogP contribution in [0.5, 0.6) is 0 Å². The fraction of sp³-hybridized carbons (Fsp3) is 1.00. The molecule has 0 aromatic carbocycles. The third kappa shape index (κ3) is 3.94. The largest absolute Gasteiger partial charge is 0.393 e. The first-order valence-corrected chi connectivity index (χ1v) is 16.4. The van der Waals surface area contributed by atoms with Gasteiger partial charge in [0, 0.05) is 20.1 Å². The summed E-state index contributed by atoms with van der Waals surface area (Å²) in [6.45, 7) is 16.6. The Hall–Kier alpha value is -0.280. The molecule has 2 spiro atoms. The van der Waals surface area contributed by atoms with Crippen LogP contribution in [0, 0.1) is 44.8 Å². The van der Waals surface area contributed by atoms with Crippen LogP contribution < -0.4 is 0 Å². The fourth-order valence-corrected chi connectivity index (χ4v) is 12.7. The van der Waals surface area contributed by atoms with E-state index >= 15 is 0 Å². The van der Waals surface area contributed by atoms with Crippen molar-refractivity contribution >= 4 is 0 Å². The molecule has 0 aromatic rings. The van der Waals surface area contributed by atoms with Crippen LogP contribution >= 0.6 is 0 Å². The van der Waals surface area contributed by atoms with E-state index < -0.39 is 5.60 Å². The lowest BCUT2D eigenvalue weighted by Gasteiger charge is -2.64. The Kier molecular flexibility index (Phi) is 7.20. The summed E-state index contributed by atoms with van der Waals surface area (Å²) < 4.78 is 30.5. The van der Waals surface area contributed by atoms with Crippen molar-refractivity contribution < 1.29 is 33.9 Å². The summed E-state index contributed by atoms with van der Waals surface area (Å²) in [7, 11) is 3.37. The minimum Gasteiger partial charge on any atom is -0.393 e. The Bertz CT molecular complexity index is 1020. The van der Waals surface area contributed by atoms with E-state index in [1.54, 1.807) is 14.2 Å². The van der Waals surface area contributed by atoms with Crippen LogP contribution in [-0.4, -0.2) is 73.6 Å². The van der Waals surface area contributed by atoms with E-state index in [2.05, 4.69) is 48.5 Å². The molecule has 0 radical (unpaired) electrons. The van der Waals surface area contributed by atoms with Crippen molar-refractivity contribution in [2.24, 2.45) is 44.8 Å². The normalized spacial score (nSPS) is 53.8. The predicted molar refractivity (Wildman–Crippen MR) is 156 cm³/mol. The molecule has 6 fully saturated rings. The van der Waals surface area contributed by atoms with Gasteiger partial charge in [-0.05, 0) is 117 Å². The van der Waals surface area contributed by atoms with Gasteiger partial charge in [-0.3, -0.25) is 0 Å². The van der Waals surface area contributed by atoms with Crippen molar-refractivity contribution in [2.75, 3.05) is 27.8 Å². The molecule has 6 rings (SSSR count). The maximum absolute atomic E-state index is 11.9. The molecule has 1 saturated heterocycles. The van der Waals surface area contributed by atoms with Crippen LogP contribution in [0.25, 0.3) is 0 Å². The highest BCUT2D eigenvalue weighted by Gasteiger charge is 2.85. The average Bonchev–Trinajstić information content (AvgIpc) is 3.24. The van der Waals surface area contributed by atoms with Crippen molar-refractivity contribution in [3.05, 3.63) is 0 Å². The van der Waals surface area contributed by atoms with Gasteiger partial charge in [0.2, 0.25) is 0 Å². The Morgan fingerprint density at radius 3 is 2.22 bits per heavy atom. The average molecular weight is 579 g/mol. The van der Waals surface area contributed by atoms with Crippen LogP contribution in [-0.2, 0) is 23.7 Å². The molecule has 41 heavy (non-hydrogen) atoms. The van der Waals surface area contributed by atoms with E-state index in [9.17, 15) is 10.2 Å². The van der Waals surface area contributed by atoms with Gasteiger partial charge in [0.15, 0.2) is 0 Å². The smallest absolute Gasteiger partial charge is 0.147 e. The zero-order valence-electron chi connectivity index (χ0n) is 27.3. The number of hydrogen-bond acceptors (Lipinski definition) is 7. The van der Waals surface area contributed by atoms with Crippen LogP contribution in [0.1, 0.15) is 106 Å². The standard InChI is InChI=1S/C34H58O7/c1-28(2)24(36)10-13-34-18-33(34)15-14-30(5)27(32(7)12-11-25(41-32)29(3,4)40-20-38-9)22(39-19-37-8)17-31(30,6)23(33)16-21(35)26(28)34/h21-27,35-36H,10-20H2,1-9H3/t21-,22-,23-,24-,25-,26-,27-,30+,31-,32+,33?,34+/m0/s1. The van der Waals surface area contributed by atoms with Crippen molar-refractivity contribution in [2.45, 2.75) is 142 Å². The predicted octanol–water partition coefficient (Wildman–Crippen LogP) is 5.69. The number of aliphatic hydroxyl groups is 2. The SMILES string of the molecule is COCO[C@H]1C[C@@]2(C)[C@@H]3C[C@H](O)[C@H]4C(C)(C)[C@@H](O)CC[C@@]45CC35CC[C@]2(C)[C@H]1[C@@]1(C)CC[C@@H](C(C)(C)OCOC)O1. The second-order valence-electron chi connectivity index (χ2n) is 16.9. The van der Waals surface area contributed by atoms with Gasteiger partial charge < -0.3 is 33.9 Å². The second-order valence-corrected chi connectivity index (χ2v) is 16.9. The first kappa shape index (κ1) is 30.7. The van der Waals surface area contributed by atoms with E-state index in [4.69, 9.17) is 23.7 Å². The van der Waals surface area contributed by atoms with E-state index in [0.29, 0.717) is 5.92 Å². The summed E-state index contributed by atoms with van der Waals surface area (Å²) in [5.74, 6) is 0.823. The van der Waals surface area contributed by atoms with Crippen LogP contribution in [0.4, 0.5) is 0 Å². The topological polar surface area (TPSA) is 86.6 Å². The zero-order valence-corrected chi connectivity index (χ0v) is 27.3. The lowest BCUT2D eigenvalue weighted by Crippen LogP contribution is -2.62. The lowest BCUT2D eigenvalue weighted by atomic mass is 9.41. The quantitative estimate of drug-likeness (QED) is 0.358. The van der Waals surface area contributed by atoms with Gasteiger partial charge in [0.1, 0.15) is 13.6 Å². The first-order valence-electron chi connectivity index (χ1n) is 16.4. The van der Waals surface area contributed by atoms with Crippen molar-refractivity contribution in [1.29, 1.82) is 0 Å². The number of ether oxygens (including phenoxy) is 5. The third-order valence-corrected chi connectivity index (χ3v) is 14.7. The van der Waals surface area contributed by atoms with Gasteiger partial charge in [-0.2, -0.15) is 0 Å². The molecule has 1 heterocycles. The zero-order chi connectivity index (χ0) is 29.9. The number of aliphatic hydroxyl groups excluding tert-OH is 2. The van der Waals surface area contributed by atoms with Crippen LogP contribution in [0.2, 0.25) is 0 Å². The highest BCUT2D eigenvalue weighted by molar-refractivity contribution is 5.33. The molecule has 0 aromatic heterocycles. The Morgan fingerprint density at radius 2 is 1.54 bits per heavy atom. The summed E-state index contributed by atoms with van der Waals surface area (Å²) in [6.07, 6.45) is 8.49. The van der Waals surface area contributed by atoms with E-state index in [0.717, 1.165) is 44.9 Å². The summed E-state index contributed by atoms with van der Waals surface area (Å²) in [5, 5.41) is 22.9. The molecular weight excluding hydrogens is 520 g/mol. The molecule has 0 amide bonds. The van der Waals surface area contributed by atoms with Crippen molar-refractivity contribution in [3.63, 3.8) is 0 Å². The minimum absolute atomic E-state index is 0.00251. The van der Waals surface area contributed by atoms with Crippen LogP contribution in [0.3, 0.4) is 0 Å². The molecular formula is C34H58O7. The molecule has 7 nitrogen and oxygen atoms in total. The molecule has 0 bridgehead atoms. The number of rotatable bonds is 8. The number of hydrogen-bond donors (Lipinski definition) is 2. The minimum atomic E-state index is -0.447. The third-order valence-electron chi connectivity index (χ3n) is 14.7. The molecule has 236 valence electrons. The Morgan fingerprint density at radius 1 is 0.829 bits per heavy atom. The molecule has 5 saturated carbocycles. The van der Waals surface area contributed by atoms with Crippen molar-refractivity contribution in [1.82, 2.24) is 0 Å². The molecule has 1 aliphatic heterocycles. The monoisotopic (exact) mass is 578 g/mol. The van der Waals surface area contributed by atoms with Gasteiger partial charge in [-0.15, -0.1) is 0 Å². The van der Waals surface area contributed by atoms with Gasteiger partial charge in [0.05, 0.1) is 35.6 Å². The lowest BCUT2D eigenvalue weighted by molar-refractivity contribution is -0.225. The Balaban J connectivity index is 1.35. The molecule has 7 heteroatoms. The highest BCUT2D eigenvalue weighted by atomic mass is 16.7. The van der Waals surface area contributed by atoms with Crippen LogP contribution in [0.15, 0.2) is 0 Å². The summed E-state index contributed by atoms with van der Waals surface area (Å²) in [6, 6.07) is 0. The Labute approximate surface area is 248 Å². The molecule has 6 aliphatic rings. The van der Waals surface area contributed by atoms with E-state index in [1.807, 2.05) is 0 Å². The fourth-order valence-electron chi connectivity index (χ4n) is 12.7. The molecule has 1 unspecified atom stereocenters. The van der Waals surface area contributed by atoms with Gasteiger partial charge in [-0.25, -0.2) is 0 Å².